The van der Waals surface area contributed by atoms with Gasteiger partial charge in [0.2, 0.25) is 0 Å². The van der Waals surface area contributed by atoms with Crippen molar-refractivity contribution >= 4 is 40.5 Å². The van der Waals surface area contributed by atoms with Gasteiger partial charge in [-0.2, -0.15) is 5.01 Å². The summed E-state index contributed by atoms with van der Waals surface area (Å²) in [7, 11) is 0. The molecular weight excluding hydrogens is 434 g/mol. The minimum Gasteiger partial charge on any atom is -0.291 e. The number of rotatable bonds is 6. The number of fused-ring (bicyclic) bond motifs is 1. The molecule has 0 spiro atoms. The Morgan fingerprint density at radius 3 is 2.50 bits per heavy atom. The zero-order valence-corrected chi connectivity index (χ0v) is 17.9. The van der Waals surface area contributed by atoms with Gasteiger partial charge in [0.1, 0.15) is 6.54 Å². The first-order valence-corrected chi connectivity index (χ1v) is 10.8. The van der Waals surface area contributed by atoms with Crippen LogP contribution in [0.4, 0.5) is 5.69 Å². The number of carbonyl (C=O) groups is 4. The maximum atomic E-state index is 13.3. The molecule has 1 saturated heterocycles. The number of nitro groups is 1. The monoisotopic (exact) mass is 453 g/mol. The van der Waals surface area contributed by atoms with Crippen LogP contribution in [0.1, 0.15) is 33.4 Å². The van der Waals surface area contributed by atoms with E-state index >= 15 is 0 Å². The number of imide groups is 1. The molecule has 1 aromatic heterocycles. The molecule has 2 heterocycles. The molecule has 0 unspecified atom stereocenters. The number of nitro benzene ring substituents is 1. The van der Waals surface area contributed by atoms with Crippen LogP contribution in [-0.2, 0) is 9.59 Å². The van der Waals surface area contributed by atoms with Crippen LogP contribution in [-0.4, -0.2) is 45.0 Å². The highest BCUT2D eigenvalue weighted by Gasteiger charge is 2.53. The van der Waals surface area contributed by atoms with Crippen molar-refractivity contribution in [3.05, 3.63) is 74.5 Å². The van der Waals surface area contributed by atoms with Gasteiger partial charge >= 0.3 is 0 Å². The Hall–Kier alpha value is -3.66. The molecule has 32 heavy (non-hydrogen) atoms. The van der Waals surface area contributed by atoms with Crippen molar-refractivity contribution in [2.45, 2.75) is 13.3 Å². The SMILES string of the molecule is C[C@@H]1C=CC[C@H]2C(=O)N(N(CC(=O)c3cccs3)C(=O)c3ccc([N+](=O)[O-])cc3)C(=O)[C@H]12. The lowest BCUT2D eigenvalue weighted by molar-refractivity contribution is -0.384. The molecule has 2 aromatic rings. The van der Waals surface area contributed by atoms with Crippen LogP contribution in [0.15, 0.2) is 53.9 Å². The molecule has 2 aliphatic rings. The van der Waals surface area contributed by atoms with E-state index in [1.54, 1.807) is 17.5 Å². The molecule has 3 amide bonds. The van der Waals surface area contributed by atoms with E-state index in [2.05, 4.69) is 0 Å². The Morgan fingerprint density at radius 1 is 1.19 bits per heavy atom. The average molecular weight is 453 g/mol. The lowest BCUT2D eigenvalue weighted by Gasteiger charge is -2.30. The lowest BCUT2D eigenvalue weighted by atomic mass is 9.78. The Balaban J connectivity index is 1.70. The quantitative estimate of drug-likeness (QED) is 0.218. The van der Waals surface area contributed by atoms with E-state index in [0.717, 1.165) is 22.2 Å². The summed E-state index contributed by atoms with van der Waals surface area (Å²) in [6.45, 7) is 1.33. The Bertz CT molecular complexity index is 1130. The molecule has 1 aliphatic heterocycles. The van der Waals surface area contributed by atoms with Crippen molar-refractivity contribution < 1.29 is 24.1 Å². The zero-order chi connectivity index (χ0) is 23.0. The van der Waals surface area contributed by atoms with Gasteiger partial charge in [-0.05, 0) is 35.9 Å². The molecule has 4 rings (SSSR count). The van der Waals surface area contributed by atoms with Crippen LogP contribution in [0.5, 0.6) is 0 Å². The van der Waals surface area contributed by atoms with Gasteiger partial charge in [-0.15, -0.1) is 11.3 Å². The lowest BCUT2D eigenvalue weighted by Crippen LogP contribution is -2.52. The predicted octanol–water partition coefficient (Wildman–Crippen LogP) is 3.09. The van der Waals surface area contributed by atoms with E-state index in [-0.39, 0.29) is 17.2 Å². The largest absolute Gasteiger partial charge is 0.291 e. The average Bonchev–Trinajstić information content (AvgIpc) is 3.40. The van der Waals surface area contributed by atoms with Crippen LogP contribution in [0, 0.1) is 27.9 Å². The van der Waals surface area contributed by atoms with Crippen LogP contribution < -0.4 is 0 Å². The second kappa shape index (κ2) is 8.46. The first-order chi connectivity index (χ1) is 15.3. The zero-order valence-electron chi connectivity index (χ0n) is 17.0. The minimum atomic E-state index is -0.759. The third-order valence-electron chi connectivity index (χ3n) is 5.74. The van der Waals surface area contributed by atoms with Crippen molar-refractivity contribution in [3.63, 3.8) is 0 Å². The highest BCUT2D eigenvalue weighted by Crippen LogP contribution is 2.39. The van der Waals surface area contributed by atoms with Crippen molar-refractivity contribution in [3.8, 4) is 0 Å². The van der Waals surface area contributed by atoms with E-state index in [9.17, 15) is 29.3 Å². The van der Waals surface area contributed by atoms with Crippen LogP contribution in [0.2, 0.25) is 0 Å². The summed E-state index contributed by atoms with van der Waals surface area (Å²) in [5.74, 6) is -3.60. The van der Waals surface area contributed by atoms with Gasteiger partial charge in [-0.3, -0.25) is 29.3 Å². The molecule has 0 bridgehead atoms. The summed E-state index contributed by atoms with van der Waals surface area (Å²) >= 11 is 1.19. The number of hydrogen-bond donors (Lipinski definition) is 0. The number of allylic oxidation sites excluding steroid dienone is 2. The number of hydrogen-bond acceptors (Lipinski definition) is 7. The van der Waals surface area contributed by atoms with Gasteiger partial charge in [-0.1, -0.05) is 25.1 Å². The molecule has 3 atom stereocenters. The van der Waals surface area contributed by atoms with Gasteiger partial charge in [0, 0.05) is 17.7 Å². The van der Waals surface area contributed by atoms with Gasteiger partial charge in [0.15, 0.2) is 5.78 Å². The molecule has 1 aliphatic carbocycles. The van der Waals surface area contributed by atoms with Gasteiger partial charge in [0.25, 0.3) is 23.4 Å². The van der Waals surface area contributed by atoms with Crippen LogP contribution in [0.25, 0.3) is 0 Å². The van der Waals surface area contributed by atoms with E-state index in [1.807, 2.05) is 19.1 Å². The number of amides is 3. The predicted molar refractivity (Wildman–Crippen MR) is 115 cm³/mol. The highest BCUT2D eigenvalue weighted by molar-refractivity contribution is 7.12. The van der Waals surface area contributed by atoms with Crippen molar-refractivity contribution in [2.24, 2.45) is 17.8 Å². The third-order valence-corrected chi connectivity index (χ3v) is 6.65. The number of carbonyl (C=O) groups excluding carboxylic acids is 4. The van der Waals surface area contributed by atoms with Crippen LogP contribution in [0.3, 0.4) is 0 Å². The summed E-state index contributed by atoms with van der Waals surface area (Å²) in [6.07, 6.45) is 4.10. The van der Waals surface area contributed by atoms with E-state index < -0.39 is 46.8 Å². The fraction of sp³-hybridized carbons (Fsp3) is 0.273. The standard InChI is InChI=1S/C22H19N3O6S/c1-13-4-2-5-16-19(13)22(29)24(21(16)28)23(12-17(26)18-6-3-11-32-18)20(27)14-7-9-15(10-8-14)25(30)31/h2-4,6-11,13,16,19H,5,12H2,1H3/t13-,16-,19-/m1/s1. The van der Waals surface area contributed by atoms with E-state index in [4.69, 9.17) is 0 Å². The second-order valence-electron chi connectivity index (χ2n) is 7.71. The van der Waals surface area contributed by atoms with Gasteiger partial charge < -0.3 is 0 Å². The van der Waals surface area contributed by atoms with Crippen molar-refractivity contribution in [1.82, 2.24) is 10.0 Å². The maximum Gasteiger partial charge on any atom is 0.273 e. The molecule has 1 fully saturated rings. The highest BCUT2D eigenvalue weighted by atomic mass is 32.1. The number of benzene rings is 1. The fourth-order valence-electron chi connectivity index (χ4n) is 4.13. The summed E-state index contributed by atoms with van der Waals surface area (Å²) < 4.78 is 0. The molecule has 164 valence electrons. The second-order valence-corrected chi connectivity index (χ2v) is 8.66. The number of hydrazine groups is 1. The summed E-state index contributed by atoms with van der Waals surface area (Å²) in [5.41, 5.74) is -0.182. The maximum absolute atomic E-state index is 13.3. The van der Waals surface area contributed by atoms with Gasteiger partial charge in [-0.25, -0.2) is 5.01 Å². The summed E-state index contributed by atoms with van der Waals surface area (Å²) in [6, 6.07) is 8.09. The van der Waals surface area contributed by atoms with E-state index in [0.29, 0.717) is 11.3 Å². The van der Waals surface area contributed by atoms with Crippen molar-refractivity contribution in [1.29, 1.82) is 0 Å². The molecule has 0 saturated carbocycles. The molecule has 0 radical (unpaired) electrons. The van der Waals surface area contributed by atoms with E-state index in [1.165, 1.54) is 23.5 Å². The molecule has 9 nitrogen and oxygen atoms in total. The molecule has 10 heteroatoms. The van der Waals surface area contributed by atoms with Gasteiger partial charge in [0.05, 0.1) is 21.6 Å². The molecule has 1 aromatic carbocycles. The number of Topliss-reactive ketones (excluding diaryl/α,β-unsaturated/α-hetero) is 1. The Kier molecular flexibility index (Phi) is 5.70. The summed E-state index contributed by atoms with van der Waals surface area (Å²) in [4.78, 5) is 63.3. The molecule has 0 N–H and O–H groups in total. The topological polar surface area (TPSA) is 118 Å². The Morgan fingerprint density at radius 2 is 1.91 bits per heavy atom. The molecular formula is C22H19N3O6S. The normalized spacial score (nSPS) is 22.0. The number of thiophene rings is 1. The number of ketones is 1. The number of nitrogens with zero attached hydrogens (tertiary/aromatic N) is 3. The Labute approximate surface area is 187 Å². The minimum absolute atomic E-state index is 0.0243. The number of non-ortho nitro benzene ring substituents is 1. The first kappa shape index (κ1) is 21.6. The van der Waals surface area contributed by atoms with Crippen LogP contribution >= 0.6 is 11.3 Å². The third kappa shape index (κ3) is 3.73. The van der Waals surface area contributed by atoms with Crippen molar-refractivity contribution in [2.75, 3.05) is 6.54 Å². The summed E-state index contributed by atoms with van der Waals surface area (Å²) in [5, 5.41) is 14.3. The first-order valence-electron chi connectivity index (χ1n) is 9.97. The smallest absolute Gasteiger partial charge is 0.273 e. The fourth-order valence-corrected chi connectivity index (χ4v) is 4.78.